The first kappa shape index (κ1) is 52.3. The molecule has 0 radical (unpaired) electrons. The summed E-state index contributed by atoms with van der Waals surface area (Å²) in [7, 11) is 0. The summed E-state index contributed by atoms with van der Waals surface area (Å²) in [6.07, 6.45) is 0. The predicted octanol–water partition coefficient (Wildman–Crippen LogP) is 24.6. The Kier molecular flexibility index (Phi) is 11.3. The quantitative estimate of drug-likeness (QED) is 0.127. The summed E-state index contributed by atoms with van der Waals surface area (Å²) >= 11 is 4.46. The molecule has 3 nitrogen and oxygen atoms in total. The molecule has 0 N–H and O–H groups in total. The molecule has 0 spiro atoms. The van der Waals surface area contributed by atoms with Crippen LogP contribution in [0, 0.1) is 0 Å². The number of hydrogen-bond acceptors (Lipinski definition) is 3. The zero-order chi connectivity index (χ0) is 60.6. The fourth-order valence-electron chi connectivity index (χ4n) is 15.5. The van der Waals surface area contributed by atoms with Crippen molar-refractivity contribution >= 4 is 218 Å². The van der Waals surface area contributed by atoms with E-state index in [0.29, 0.717) is 0 Å². The number of benzene rings is 15. The molecule has 7 aromatic heterocycles. The van der Waals surface area contributed by atoms with Gasteiger partial charge in [-0.3, -0.25) is 0 Å². The summed E-state index contributed by atoms with van der Waals surface area (Å²) < 4.78 is 23.5. The van der Waals surface area contributed by atoms with Crippen LogP contribution < -0.4 is 0 Å². The number of nitrogens with zero attached hydrogens (tertiary/aromatic N) is 2. The molecule has 15 aromatic carbocycles. The Balaban J connectivity index is 0.000000132. The van der Waals surface area contributed by atoms with Crippen LogP contribution in [0.2, 0.25) is 0 Å². The third-order valence-electron chi connectivity index (χ3n) is 19.5. The average molecular weight is 1350 g/mol. The third kappa shape index (κ3) is 7.58. The van der Waals surface area contributed by atoms with Gasteiger partial charge in [-0.05, 0) is 16.8 Å². The molecule has 0 amide bonds. The molecule has 7 heteroatoms. The SMILES string of the molecule is c1ccc(-c2ccc(-n3c4c5ccccc5ccc4c4sc5c6ccccc6[se]c5c43)c3ccccc23)cc1.c1ccc2cc3c(cc2c1)oc1ccc(-c2c4ccccc4c(-n4c5c6ccccc6ccc5c5sc6c7ccccc7[se]c6c54)c4ccccc24)cc13. The van der Waals surface area contributed by atoms with Crippen molar-refractivity contribution in [1.29, 1.82) is 0 Å². The molecule has 0 aliphatic carbocycles. The van der Waals surface area contributed by atoms with Crippen molar-refractivity contribution in [3.63, 3.8) is 0 Å². The molecule has 0 saturated carbocycles. The molecule has 22 rings (SSSR count). The van der Waals surface area contributed by atoms with Crippen molar-refractivity contribution in [2.75, 3.05) is 0 Å². The van der Waals surface area contributed by atoms with E-state index in [-0.39, 0.29) is 29.0 Å². The Morgan fingerprint density at radius 1 is 0.269 bits per heavy atom. The molecule has 432 valence electrons. The van der Waals surface area contributed by atoms with Crippen molar-refractivity contribution in [1.82, 2.24) is 9.13 Å². The van der Waals surface area contributed by atoms with Gasteiger partial charge >= 0.3 is 515 Å². The van der Waals surface area contributed by atoms with Crippen LogP contribution in [0.3, 0.4) is 0 Å². The molecule has 0 aliphatic heterocycles. The number of furan rings is 1. The van der Waals surface area contributed by atoms with E-state index < -0.39 is 0 Å². The minimum atomic E-state index is 0.214. The Labute approximate surface area is 551 Å². The zero-order valence-electron chi connectivity index (χ0n) is 49.6. The van der Waals surface area contributed by atoms with Gasteiger partial charge in [-0.1, -0.05) is 24.3 Å². The van der Waals surface area contributed by atoms with Crippen LogP contribution in [-0.2, 0) is 0 Å². The van der Waals surface area contributed by atoms with E-state index in [1.807, 2.05) is 22.7 Å². The van der Waals surface area contributed by atoms with Crippen molar-refractivity contribution in [2.45, 2.75) is 0 Å². The molecule has 0 aliphatic rings. The summed E-state index contributed by atoms with van der Waals surface area (Å²) in [5, 5.41) is 23.0. The fourth-order valence-corrected chi connectivity index (χ4v) is 24.3. The molecule has 0 saturated heterocycles. The molecule has 0 unspecified atom stereocenters. The van der Waals surface area contributed by atoms with E-state index in [1.165, 1.54) is 178 Å². The van der Waals surface area contributed by atoms with Crippen molar-refractivity contribution < 1.29 is 4.42 Å². The van der Waals surface area contributed by atoms with Gasteiger partial charge in [0.05, 0.1) is 0 Å². The van der Waals surface area contributed by atoms with Crippen LogP contribution in [0.25, 0.3) is 200 Å². The Morgan fingerprint density at radius 3 is 1.35 bits per heavy atom. The van der Waals surface area contributed by atoms with Crippen molar-refractivity contribution in [3.05, 3.63) is 291 Å². The first-order chi connectivity index (χ1) is 46.1. The van der Waals surface area contributed by atoms with Gasteiger partial charge in [0.2, 0.25) is 0 Å². The van der Waals surface area contributed by atoms with E-state index in [1.54, 1.807) is 0 Å². The fraction of sp³-hybridized carbons (Fsp3) is 0. The molecule has 22 aromatic rings. The van der Waals surface area contributed by atoms with Crippen molar-refractivity contribution in [3.8, 4) is 33.6 Å². The monoisotopic (exact) mass is 1350 g/mol. The molecular formula is C86H48N2OS2Se2. The second kappa shape index (κ2) is 20.1. The number of aromatic nitrogens is 2. The normalized spacial score (nSPS) is 12.3. The van der Waals surface area contributed by atoms with Gasteiger partial charge in [0, 0.05) is 0 Å². The Hall–Kier alpha value is -10.3. The Bertz CT molecular complexity index is 6890. The van der Waals surface area contributed by atoms with Crippen LogP contribution in [0.1, 0.15) is 0 Å². The zero-order valence-corrected chi connectivity index (χ0v) is 54.7. The standard InChI is InChI=1S/C50H27NOSSe.C36H21NSSe/c1-2-13-30-27-42-40(25-29(30)12-1)39-26-31(22-24-41(39)52-42)44-33-15-5-7-17-35(33)46(36-18-8-6-16-34(36)44)51-45-32-14-4-3-11-28(32)21-23-38(45)48-47(51)50-49(53-48)37-19-9-10-20-43(37)54-50;1-2-10-22(11-3-1)24-20-21-30(27-15-7-6-14-26(24)27)37-32-25-13-5-4-12-23(25)18-19-29(32)34-33(37)36-35(38-34)28-16-8-9-17-31(28)39-36/h1-27H;1-21H. The molecule has 0 fully saturated rings. The molecule has 0 atom stereocenters. The summed E-state index contributed by atoms with van der Waals surface area (Å²) in [6, 6.07) is 107. The van der Waals surface area contributed by atoms with Gasteiger partial charge in [-0.25, -0.2) is 0 Å². The number of rotatable bonds is 4. The van der Waals surface area contributed by atoms with E-state index in [0.717, 1.165) is 21.9 Å². The maximum atomic E-state index is 6.46. The van der Waals surface area contributed by atoms with Gasteiger partial charge in [-0.2, -0.15) is 0 Å². The number of thiophene rings is 2. The van der Waals surface area contributed by atoms with Gasteiger partial charge in [0.25, 0.3) is 0 Å². The van der Waals surface area contributed by atoms with Crippen molar-refractivity contribution in [2.24, 2.45) is 0 Å². The first-order valence-electron chi connectivity index (χ1n) is 31.5. The van der Waals surface area contributed by atoms with E-state index in [4.69, 9.17) is 4.42 Å². The molecular weight excluding hydrogens is 1300 g/mol. The minimum absolute atomic E-state index is 0.214. The van der Waals surface area contributed by atoms with Gasteiger partial charge in [-0.15, -0.1) is 0 Å². The molecule has 0 bridgehead atoms. The maximum absolute atomic E-state index is 6.46. The van der Waals surface area contributed by atoms with E-state index in [2.05, 4.69) is 300 Å². The van der Waals surface area contributed by atoms with Crippen LogP contribution in [0.5, 0.6) is 0 Å². The Morgan fingerprint density at radius 2 is 0.742 bits per heavy atom. The van der Waals surface area contributed by atoms with Crippen LogP contribution in [0.15, 0.2) is 296 Å². The third-order valence-corrected chi connectivity index (χ3v) is 27.5. The van der Waals surface area contributed by atoms with Gasteiger partial charge in [0.1, 0.15) is 0 Å². The summed E-state index contributed by atoms with van der Waals surface area (Å²) in [4.78, 5) is 0. The molecule has 7 heterocycles. The predicted molar refractivity (Wildman–Crippen MR) is 404 cm³/mol. The van der Waals surface area contributed by atoms with Gasteiger partial charge in [0.15, 0.2) is 0 Å². The van der Waals surface area contributed by atoms with E-state index in [9.17, 15) is 0 Å². The second-order valence-electron chi connectivity index (χ2n) is 24.5. The summed E-state index contributed by atoms with van der Waals surface area (Å²) in [5.74, 6) is 0. The van der Waals surface area contributed by atoms with Crippen LogP contribution in [-0.4, -0.2) is 38.1 Å². The van der Waals surface area contributed by atoms with Crippen LogP contribution in [0.4, 0.5) is 0 Å². The van der Waals surface area contributed by atoms with Gasteiger partial charge < -0.3 is 0 Å². The summed E-state index contributed by atoms with van der Waals surface area (Å²) in [5.41, 5.74) is 14.7. The summed E-state index contributed by atoms with van der Waals surface area (Å²) in [6.45, 7) is 0. The average Bonchev–Trinajstić information content (AvgIpc) is 1.56. The number of fused-ring (bicyclic) bond motifs is 25. The first-order valence-corrected chi connectivity index (χ1v) is 36.6. The number of hydrogen-bond donors (Lipinski definition) is 0. The second-order valence-corrected chi connectivity index (χ2v) is 30.9. The van der Waals surface area contributed by atoms with E-state index >= 15 is 0 Å². The topological polar surface area (TPSA) is 23.0 Å². The molecule has 93 heavy (non-hydrogen) atoms. The van der Waals surface area contributed by atoms with Crippen LogP contribution >= 0.6 is 22.7 Å².